The van der Waals surface area contributed by atoms with E-state index in [1.165, 1.54) is 11.3 Å². The predicted octanol–water partition coefficient (Wildman–Crippen LogP) is 5.33. The predicted molar refractivity (Wildman–Crippen MR) is 111 cm³/mol. The van der Waals surface area contributed by atoms with E-state index in [0.717, 1.165) is 41.6 Å². The summed E-state index contributed by atoms with van der Waals surface area (Å²) in [7, 11) is 0. The van der Waals surface area contributed by atoms with Gasteiger partial charge < -0.3 is 0 Å². The van der Waals surface area contributed by atoms with Crippen molar-refractivity contribution in [3.05, 3.63) is 81.9 Å². The van der Waals surface area contributed by atoms with Crippen LogP contribution >= 0.6 is 11.6 Å². The standard InChI is InChI=1S/C22H27ClN4/c1-16(2)27-18(4)21(17(3)25-27)15-26(14-20-10-7-8-12-24-20)13-19-9-5-6-11-22(19)23/h5-12,16H,13-15H2,1-4H3. The lowest BCUT2D eigenvalue weighted by molar-refractivity contribution is 0.243. The SMILES string of the molecule is Cc1nn(C(C)C)c(C)c1CN(Cc1ccccn1)Cc1ccccc1Cl. The number of nitrogens with zero attached hydrogens (tertiary/aromatic N) is 4. The van der Waals surface area contributed by atoms with Crippen LogP contribution in [0.5, 0.6) is 0 Å². The van der Waals surface area contributed by atoms with Crippen LogP contribution in [-0.2, 0) is 19.6 Å². The summed E-state index contributed by atoms with van der Waals surface area (Å²) in [5.41, 5.74) is 5.78. The molecule has 2 aromatic heterocycles. The Bertz CT molecular complexity index is 887. The second-order valence-corrected chi connectivity index (χ2v) is 7.65. The topological polar surface area (TPSA) is 34.0 Å². The van der Waals surface area contributed by atoms with Crippen molar-refractivity contribution in [2.24, 2.45) is 0 Å². The molecule has 0 radical (unpaired) electrons. The van der Waals surface area contributed by atoms with Gasteiger partial charge >= 0.3 is 0 Å². The van der Waals surface area contributed by atoms with Gasteiger partial charge in [0.25, 0.3) is 0 Å². The molecule has 0 fully saturated rings. The minimum atomic E-state index is 0.352. The number of hydrogen-bond acceptors (Lipinski definition) is 3. The zero-order valence-corrected chi connectivity index (χ0v) is 17.2. The lowest BCUT2D eigenvalue weighted by Crippen LogP contribution is -2.24. The van der Waals surface area contributed by atoms with Gasteiger partial charge in [-0.1, -0.05) is 35.9 Å². The summed E-state index contributed by atoms with van der Waals surface area (Å²) in [5, 5.41) is 5.54. The number of rotatable bonds is 7. The van der Waals surface area contributed by atoms with Crippen LogP contribution in [0, 0.1) is 13.8 Å². The van der Waals surface area contributed by atoms with Crippen molar-refractivity contribution in [2.75, 3.05) is 0 Å². The van der Waals surface area contributed by atoms with Crippen LogP contribution in [0.4, 0.5) is 0 Å². The Kier molecular flexibility index (Phi) is 6.30. The minimum absolute atomic E-state index is 0.352. The second-order valence-electron chi connectivity index (χ2n) is 7.25. The summed E-state index contributed by atoms with van der Waals surface area (Å²) < 4.78 is 2.11. The van der Waals surface area contributed by atoms with Gasteiger partial charge in [-0.3, -0.25) is 14.6 Å². The molecule has 0 aliphatic heterocycles. The number of aromatic nitrogens is 3. The van der Waals surface area contributed by atoms with Crippen molar-refractivity contribution < 1.29 is 0 Å². The highest BCUT2D eigenvalue weighted by Crippen LogP contribution is 2.23. The number of halogens is 1. The average molecular weight is 383 g/mol. The highest BCUT2D eigenvalue weighted by molar-refractivity contribution is 6.31. The minimum Gasteiger partial charge on any atom is -0.289 e. The average Bonchev–Trinajstić information content (AvgIpc) is 2.93. The molecule has 142 valence electrons. The number of pyridine rings is 1. The Labute approximate surface area is 166 Å². The summed E-state index contributed by atoms with van der Waals surface area (Å²) in [5.74, 6) is 0. The molecule has 0 spiro atoms. The van der Waals surface area contributed by atoms with Gasteiger partial charge in [0.15, 0.2) is 0 Å². The first kappa shape index (κ1) is 19.6. The van der Waals surface area contributed by atoms with Crippen molar-refractivity contribution in [1.82, 2.24) is 19.7 Å². The van der Waals surface area contributed by atoms with Crippen LogP contribution in [0.15, 0.2) is 48.7 Å². The molecule has 3 aromatic rings. The molecule has 4 nitrogen and oxygen atoms in total. The van der Waals surface area contributed by atoms with E-state index in [-0.39, 0.29) is 0 Å². The van der Waals surface area contributed by atoms with Crippen LogP contribution < -0.4 is 0 Å². The fraction of sp³-hybridized carbons (Fsp3) is 0.364. The van der Waals surface area contributed by atoms with E-state index < -0.39 is 0 Å². The second kappa shape index (κ2) is 8.68. The molecule has 0 bridgehead atoms. The molecular weight excluding hydrogens is 356 g/mol. The van der Waals surface area contributed by atoms with Crippen LogP contribution in [-0.4, -0.2) is 19.7 Å². The van der Waals surface area contributed by atoms with Gasteiger partial charge in [-0.05, 0) is 51.5 Å². The van der Waals surface area contributed by atoms with Gasteiger partial charge in [0.1, 0.15) is 0 Å². The van der Waals surface area contributed by atoms with Crippen molar-refractivity contribution >= 4 is 11.6 Å². The van der Waals surface area contributed by atoms with Gasteiger partial charge in [0.05, 0.1) is 11.4 Å². The molecule has 0 aliphatic rings. The molecule has 27 heavy (non-hydrogen) atoms. The summed E-state index contributed by atoms with van der Waals surface area (Å²) in [4.78, 5) is 6.89. The van der Waals surface area contributed by atoms with E-state index in [2.05, 4.69) is 54.4 Å². The molecule has 0 saturated carbocycles. The molecule has 0 saturated heterocycles. The fourth-order valence-corrected chi connectivity index (χ4v) is 3.60. The van der Waals surface area contributed by atoms with E-state index in [1.807, 2.05) is 36.5 Å². The molecule has 3 rings (SSSR count). The zero-order valence-electron chi connectivity index (χ0n) is 16.5. The lowest BCUT2D eigenvalue weighted by atomic mass is 10.1. The zero-order chi connectivity index (χ0) is 19.4. The van der Waals surface area contributed by atoms with E-state index in [9.17, 15) is 0 Å². The monoisotopic (exact) mass is 382 g/mol. The van der Waals surface area contributed by atoms with E-state index in [1.54, 1.807) is 0 Å². The Balaban J connectivity index is 1.89. The smallest absolute Gasteiger partial charge is 0.0641 e. The Morgan fingerprint density at radius 1 is 1.00 bits per heavy atom. The third-order valence-corrected chi connectivity index (χ3v) is 5.18. The first-order chi connectivity index (χ1) is 13.0. The van der Waals surface area contributed by atoms with Gasteiger partial charge in [-0.15, -0.1) is 0 Å². The third kappa shape index (κ3) is 4.76. The van der Waals surface area contributed by atoms with Gasteiger partial charge in [-0.25, -0.2) is 0 Å². The maximum absolute atomic E-state index is 6.42. The van der Waals surface area contributed by atoms with Crippen LogP contribution in [0.25, 0.3) is 0 Å². The molecule has 0 amide bonds. The molecule has 0 unspecified atom stereocenters. The quantitative estimate of drug-likeness (QED) is 0.553. The van der Waals surface area contributed by atoms with Crippen molar-refractivity contribution in [1.29, 1.82) is 0 Å². The van der Waals surface area contributed by atoms with Crippen molar-refractivity contribution in [3.63, 3.8) is 0 Å². The molecular formula is C22H27ClN4. The fourth-order valence-electron chi connectivity index (χ4n) is 3.41. The van der Waals surface area contributed by atoms with Gasteiger partial charge in [0.2, 0.25) is 0 Å². The summed E-state index contributed by atoms with van der Waals surface area (Å²) in [6.07, 6.45) is 1.84. The molecule has 0 N–H and O–H groups in total. The first-order valence-corrected chi connectivity index (χ1v) is 9.73. The molecule has 5 heteroatoms. The highest BCUT2D eigenvalue weighted by Gasteiger charge is 2.18. The van der Waals surface area contributed by atoms with E-state index in [4.69, 9.17) is 16.7 Å². The molecule has 2 heterocycles. The number of hydrogen-bond donors (Lipinski definition) is 0. The molecule has 0 atom stereocenters. The van der Waals surface area contributed by atoms with Crippen LogP contribution in [0.3, 0.4) is 0 Å². The van der Waals surface area contributed by atoms with Gasteiger partial charge in [-0.2, -0.15) is 5.10 Å². The normalized spacial score (nSPS) is 11.5. The first-order valence-electron chi connectivity index (χ1n) is 9.36. The summed E-state index contributed by atoms with van der Waals surface area (Å²) >= 11 is 6.42. The van der Waals surface area contributed by atoms with Crippen molar-refractivity contribution in [3.8, 4) is 0 Å². The third-order valence-electron chi connectivity index (χ3n) is 4.81. The van der Waals surface area contributed by atoms with Crippen molar-refractivity contribution in [2.45, 2.75) is 53.4 Å². The van der Waals surface area contributed by atoms with E-state index >= 15 is 0 Å². The Morgan fingerprint density at radius 2 is 1.74 bits per heavy atom. The molecule has 0 aliphatic carbocycles. The number of benzene rings is 1. The van der Waals surface area contributed by atoms with Gasteiger partial charge in [0, 0.05) is 48.2 Å². The van der Waals surface area contributed by atoms with E-state index in [0.29, 0.717) is 6.04 Å². The largest absolute Gasteiger partial charge is 0.289 e. The Morgan fingerprint density at radius 3 is 2.37 bits per heavy atom. The molecule has 1 aromatic carbocycles. The van der Waals surface area contributed by atoms with Crippen LogP contribution in [0.1, 0.15) is 48.1 Å². The maximum atomic E-state index is 6.42. The maximum Gasteiger partial charge on any atom is 0.0641 e. The lowest BCUT2D eigenvalue weighted by Gasteiger charge is -2.23. The summed E-state index contributed by atoms with van der Waals surface area (Å²) in [6.45, 7) is 10.9. The highest BCUT2D eigenvalue weighted by atomic mass is 35.5. The van der Waals surface area contributed by atoms with Crippen LogP contribution in [0.2, 0.25) is 5.02 Å². The summed E-state index contributed by atoms with van der Waals surface area (Å²) in [6, 6.07) is 14.4. The Hall–Kier alpha value is -2.17. The number of aryl methyl sites for hydroxylation is 1.